The second-order valence-electron chi connectivity index (χ2n) is 8.17. The van der Waals surface area contributed by atoms with Gasteiger partial charge in [0.2, 0.25) is 6.79 Å². The van der Waals surface area contributed by atoms with Crippen molar-refractivity contribution in [1.82, 2.24) is 9.80 Å². The number of hydrogen-bond acceptors (Lipinski definition) is 8. The summed E-state index contributed by atoms with van der Waals surface area (Å²) in [5, 5.41) is 11.4. The number of Topliss-reactive ketones (excluding diaryl/α,β-unsaturated/α-hetero) is 1. The molecule has 1 unspecified atom stereocenters. The maximum absolute atomic E-state index is 13.3. The monoisotopic (exact) mass is 482 g/mol. The van der Waals surface area contributed by atoms with Crippen LogP contribution in [0.3, 0.4) is 0 Å². The quantitative estimate of drug-likeness (QED) is 0.331. The van der Waals surface area contributed by atoms with Crippen LogP contribution in [0.1, 0.15) is 31.0 Å². The topological polar surface area (TPSA) is 97.8 Å². The lowest BCUT2D eigenvalue weighted by molar-refractivity contribution is -0.140. The van der Waals surface area contributed by atoms with E-state index < -0.39 is 17.7 Å². The molecule has 0 aliphatic carbocycles. The van der Waals surface area contributed by atoms with Gasteiger partial charge in [0.1, 0.15) is 5.76 Å². The minimum atomic E-state index is -0.860. The van der Waals surface area contributed by atoms with Gasteiger partial charge in [0.25, 0.3) is 11.7 Å². The van der Waals surface area contributed by atoms with E-state index in [1.165, 1.54) is 19.1 Å². The smallest absolute Gasteiger partial charge is 0.295 e. The van der Waals surface area contributed by atoms with Crippen molar-refractivity contribution in [2.75, 3.05) is 47.2 Å². The number of nitrogens with zero attached hydrogens (tertiary/aromatic N) is 2. The first-order valence-corrected chi connectivity index (χ1v) is 11.6. The Morgan fingerprint density at radius 3 is 2.51 bits per heavy atom. The maximum atomic E-state index is 13.3. The van der Waals surface area contributed by atoms with Gasteiger partial charge in [-0.1, -0.05) is 26.0 Å². The molecule has 0 saturated carbocycles. The van der Waals surface area contributed by atoms with Gasteiger partial charge in [-0.25, -0.2) is 0 Å². The van der Waals surface area contributed by atoms with E-state index in [-0.39, 0.29) is 18.1 Å². The number of ether oxygens (including phenoxy) is 4. The Labute approximate surface area is 204 Å². The Balaban J connectivity index is 1.86. The third-order valence-electron chi connectivity index (χ3n) is 6.47. The minimum Gasteiger partial charge on any atom is -0.507 e. The minimum absolute atomic E-state index is 0.0139. The molecule has 0 aromatic heterocycles. The van der Waals surface area contributed by atoms with Crippen LogP contribution < -0.4 is 18.9 Å². The molecular formula is C26H30N2O7. The number of likely N-dealkylation sites (tertiary alicyclic amines) is 1. The Bertz CT molecular complexity index is 1160. The molecule has 2 aliphatic heterocycles. The Morgan fingerprint density at radius 1 is 1.09 bits per heavy atom. The number of carbonyl (C=O) groups excluding carboxylic acids is 2. The van der Waals surface area contributed by atoms with Crippen molar-refractivity contribution in [1.29, 1.82) is 0 Å². The summed E-state index contributed by atoms with van der Waals surface area (Å²) in [6, 6.07) is 9.31. The van der Waals surface area contributed by atoms with Gasteiger partial charge in [0.15, 0.2) is 23.0 Å². The number of rotatable bonds is 9. The van der Waals surface area contributed by atoms with Crippen molar-refractivity contribution in [3.8, 4) is 23.0 Å². The van der Waals surface area contributed by atoms with E-state index in [0.717, 1.165) is 13.1 Å². The predicted octanol–water partition coefficient (Wildman–Crippen LogP) is 3.20. The summed E-state index contributed by atoms with van der Waals surface area (Å²) in [5.41, 5.74) is 0.885. The second kappa shape index (κ2) is 10.3. The van der Waals surface area contributed by atoms with Gasteiger partial charge >= 0.3 is 0 Å². The molecule has 1 amide bonds. The van der Waals surface area contributed by atoms with Crippen LogP contribution in [-0.4, -0.2) is 73.8 Å². The molecule has 9 heteroatoms. The van der Waals surface area contributed by atoms with Crippen LogP contribution in [0.4, 0.5) is 0 Å². The summed E-state index contributed by atoms with van der Waals surface area (Å²) in [4.78, 5) is 30.3. The lowest BCUT2D eigenvalue weighted by atomic mass is 9.94. The highest BCUT2D eigenvalue weighted by molar-refractivity contribution is 6.46. The van der Waals surface area contributed by atoms with E-state index in [1.54, 1.807) is 36.4 Å². The maximum Gasteiger partial charge on any atom is 0.295 e. The summed E-state index contributed by atoms with van der Waals surface area (Å²) >= 11 is 0. The Hall–Kier alpha value is -3.72. The van der Waals surface area contributed by atoms with Gasteiger partial charge in [0.05, 0.1) is 25.8 Å². The number of amides is 1. The SMILES string of the molecule is CCN(CC)CCN1C(=O)C(=O)/C(=C(/O)c2ccc3c(c2)OCO3)C1c1cccc(OC)c1OC. The largest absolute Gasteiger partial charge is 0.507 e. The van der Waals surface area contributed by atoms with Crippen LogP contribution in [0.25, 0.3) is 5.76 Å². The average Bonchev–Trinajstić information content (AvgIpc) is 3.45. The number of hydrogen-bond donors (Lipinski definition) is 1. The zero-order valence-corrected chi connectivity index (χ0v) is 20.4. The molecular weight excluding hydrogens is 452 g/mol. The second-order valence-corrected chi connectivity index (χ2v) is 8.17. The highest BCUT2D eigenvalue weighted by Gasteiger charge is 2.47. The fraction of sp³-hybridized carbons (Fsp3) is 0.385. The van der Waals surface area contributed by atoms with Crippen molar-refractivity contribution >= 4 is 17.4 Å². The number of aliphatic hydroxyl groups excluding tert-OH is 1. The Kier molecular flexibility index (Phi) is 7.16. The standard InChI is InChI=1S/C26H30N2O7/c1-5-27(6-2)12-13-28-22(17-8-7-9-19(32-3)25(17)33-4)21(24(30)26(28)31)23(29)16-10-11-18-20(14-16)35-15-34-18/h7-11,14,22,29H,5-6,12-13,15H2,1-4H3/b23-21+. The number of benzene rings is 2. The molecule has 186 valence electrons. The van der Waals surface area contributed by atoms with E-state index in [0.29, 0.717) is 47.2 Å². The highest BCUT2D eigenvalue weighted by atomic mass is 16.7. The van der Waals surface area contributed by atoms with Gasteiger partial charge in [-0.2, -0.15) is 0 Å². The van der Waals surface area contributed by atoms with E-state index in [1.807, 2.05) is 13.8 Å². The number of aliphatic hydroxyl groups is 1. The molecule has 2 aliphatic rings. The molecule has 2 aromatic rings. The van der Waals surface area contributed by atoms with Gasteiger partial charge in [0, 0.05) is 24.2 Å². The summed E-state index contributed by atoms with van der Waals surface area (Å²) < 4.78 is 21.9. The van der Waals surface area contributed by atoms with Crippen LogP contribution in [0, 0.1) is 0 Å². The molecule has 1 fully saturated rings. The fourth-order valence-corrected chi connectivity index (χ4v) is 4.55. The molecule has 9 nitrogen and oxygen atoms in total. The molecule has 1 N–H and O–H groups in total. The van der Waals surface area contributed by atoms with Crippen LogP contribution in [0.2, 0.25) is 0 Å². The van der Waals surface area contributed by atoms with Gasteiger partial charge in [-0.05, 0) is 37.4 Å². The van der Waals surface area contributed by atoms with Crippen LogP contribution in [-0.2, 0) is 9.59 Å². The molecule has 0 radical (unpaired) electrons. The van der Waals surface area contributed by atoms with Crippen LogP contribution in [0.15, 0.2) is 42.0 Å². The third kappa shape index (κ3) is 4.39. The normalized spacial score (nSPS) is 18.4. The molecule has 35 heavy (non-hydrogen) atoms. The van der Waals surface area contributed by atoms with Gasteiger partial charge < -0.3 is 33.9 Å². The van der Waals surface area contributed by atoms with Crippen LogP contribution >= 0.6 is 0 Å². The number of ketones is 1. The lowest BCUT2D eigenvalue weighted by Crippen LogP contribution is -2.38. The van der Waals surface area contributed by atoms with E-state index in [2.05, 4.69) is 4.90 Å². The summed E-state index contributed by atoms with van der Waals surface area (Å²) in [5.74, 6) is 0.145. The number of methoxy groups -OCH3 is 2. The van der Waals surface area contributed by atoms with E-state index in [4.69, 9.17) is 18.9 Å². The van der Waals surface area contributed by atoms with Gasteiger partial charge in [-0.3, -0.25) is 9.59 Å². The van der Waals surface area contributed by atoms with Gasteiger partial charge in [-0.15, -0.1) is 0 Å². The number of likely N-dealkylation sites (N-methyl/N-ethyl adjacent to an activating group) is 1. The summed E-state index contributed by atoms with van der Waals surface area (Å²) in [6.45, 7) is 6.66. The highest BCUT2D eigenvalue weighted by Crippen LogP contribution is 2.46. The zero-order valence-electron chi connectivity index (χ0n) is 20.4. The molecule has 2 heterocycles. The molecule has 0 bridgehead atoms. The van der Waals surface area contributed by atoms with Crippen molar-refractivity contribution in [2.45, 2.75) is 19.9 Å². The first-order valence-electron chi connectivity index (χ1n) is 11.6. The molecule has 2 aromatic carbocycles. The summed E-state index contributed by atoms with van der Waals surface area (Å²) in [6.07, 6.45) is 0. The third-order valence-corrected chi connectivity index (χ3v) is 6.47. The lowest BCUT2D eigenvalue weighted by Gasteiger charge is -2.29. The molecule has 1 saturated heterocycles. The zero-order chi connectivity index (χ0) is 25.1. The number of carbonyl (C=O) groups is 2. The van der Waals surface area contributed by atoms with Crippen LogP contribution in [0.5, 0.6) is 23.0 Å². The Morgan fingerprint density at radius 2 is 1.83 bits per heavy atom. The first-order chi connectivity index (χ1) is 16.9. The predicted molar refractivity (Wildman–Crippen MR) is 129 cm³/mol. The fourth-order valence-electron chi connectivity index (χ4n) is 4.55. The van der Waals surface area contributed by atoms with E-state index in [9.17, 15) is 14.7 Å². The van der Waals surface area contributed by atoms with Crippen molar-refractivity contribution < 1.29 is 33.6 Å². The first kappa shape index (κ1) is 24.4. The van der Waals surface area contributed by atoms with E-state index >= 15 is 0 Å². The van der Waals surface area contributed by atoms with Crippen molar-refractivity contribution in [3.05, 3.63) is 53.1 Å². The molecule has 1 atom stereocenters. The molecule has 0 spiro atoms. The summed E-state index contributed by atoms with van der Waals surface area (Å²) in [7, 11) is 3.02. The van der Waals surface area contributed by atoms with Crippen molar-refractivity contribution in [2.24, 2.45) is 0 Å². The molecule has 4 rings (SSSR count). The number of para-hydroxylation sites is 1. The van der Waals surface area contributed by atoms with Crippen molar-refractivity contribution in [3.63, 3.8) is 0 Å². The number of fused-ring (bicyclic) bond motifs is 1. The average molecular weight is 483 g/mol.